The van der Waals surface area contributed by atoms with E-state index >= 15 is 0 Å². The fraction of sp³-hybridized carbons (Fsp3) is 0.529. The van der Waals surface area contributed by atoms with Gasteiger partial charge in [0.15, 0.2) is 0 Å². The van der Waals surface area contributed by atoms with Crippen LogP contribution in [0.3, 0.4) is 0 Å². The van der Waals surface area contributed by atoms with Crippen LogP contribution in [-0.2, 0) is 9.47 Å². The summed E-state index contributed by atoms with van der Waals surface area (Å²) >= 11 is 0. The van der Waals surface area contributed by atoms with Crippen LogP contribution in [0.1, 0.15) is 5.56 Å². The molecule has 0 radical (unpaired) electrons. The molecule has 6 nitrogen and oxygen atoms in total. The first-order valence-corrected chi connectivity index (χ1v) is 8.06. The number of hydrogen-bond acceptors (Lipinski definition) is 5. The third-order valence-corrected chi connectivity index (χ3v) is 4.10. The van der Waals surface area contributed by atoms with Crippen molar-refractivity contribution in [1.82, 2.24) is 9.80 Å². The Morgan fingerprint density at radius 2 is 1.61 bits per heavy atom. The molecule has 0 bridgehead atoms. The second-order valence-corrected chi connectivity index (χ2v) is 5.67. The lowest BCUT2D eigenvalue weighted by Crippen LogP contribution is -2.48. The molecule has 3 rings (SSSR count). The molecule has 0 N–H and O–H groups in total. The van der Waals surface area contributed by atoms with Crippen LogP contribution >= 0.6 is 0 Å². The Balaban J connectivity index is 1.77. The van der Waals surface area contributed by atoms with Crippen molar-refractivity contribution in [2.75, 3.05) is 59.2 Å². The van der Waals surface area contributed by atoms with Crippen LogP contribution in [0.25, 0.3) is 0 Å². The highest BCUT2D eigenvalue weighted by atomic mass is 16.5. The normalized spacial score (nSPS) is 20.3. The highest BCUT2D eigenvalue weighted by Gasteiger charge is 2.19. The number of morpholine rings is 2. The Labute approximate surface area is 136 Å². The molecule has 1 aromatic rings. The number of amidine groups is 1. The number of aliphatic imine (C=N–C) groups is 1. The molecule has 2 aliphatic heterocycles. The maximum absolute atomic E-state index is 8.90. The average molecular weight is 314 g/mol. The second-order valence-electron chi connectivity index (χ2n) is 5.67. The summed E-state index contributed by atoms with van der Waals surface area (Å²) in [6, 6.07) is 9.56. The van der Waals surface area contributed by atoms with Crippen molar-refractivity contribution in [3.05, 3.63) is 29.8 Å². The van der Waals surface area contributed by atoms with Crippen molar-refractivity contribution < 1.29 is 9.47 Å². The molecule has 0 atom stereocenters. The lowest BCUT2D eigenvalue weighted by Gasteiger charge is -2.34. The molecule has 2 heterocycles. The lowest BCUT2D eigenvalue weighted by atomic mass is 10.2. The maximum atomic E-state index is 8.90. The summed E-state index contributed by atoms with van der Waals surface area (Å²) in [5.74, 6) is 1.07. The van der Waals surface area contributed by atoms with Crippen molar-refractivity contribution in [1.29, 1.82) is 5.26 Å². The molecule has 0 spiro atoms. The van der Waals surface area contributed by atoms with E-state index in [-0.39, 0.29) is 0 Å². The van der Waals surface area contributed by atoms with Crippen molar-refractivity contribution in [3.63, 3.8) is 0 Å². The Hall–Kier alpha value is -1.94. The number of hydrogen-bond donors (Lipinski definition) is 0. The largest absolute Gasteiger partial charge is 0.379 e. The minimum absolute atomic E-state index is 0.657. The molecule has 0 amide bonds. The van der Waals surface area contributed by atoms with Crippen LogP contribution in [0.5, 0.6) is 0 Å². The van der Waals surface area contributed by atoms with Gasteiger partial charge in [0.25, 0.3) is 0 Å². The van der Waals surface area contributed by atoms with Gasteiger partial charge in [0, 0.05) is 26.2 Å². The fourth-order valence-electron chi connectivity index (χ4n) is 2.75. The Kier molecular flexibility index (Phi) is 5.59. The highest BCUT2D eigenvalue weighted by Crippen LogP contribution is 2.15. The van der Waals surface area contributed by atoms with Gasteiger partial charge in [0.1, 0.15) is 5.84 Å². The Bertz CT molecular complexity index is 567. The molecule has 122 valence electrons. The first-order chi connectivity index (χ1) is 11.3. The van der Waals surface area contributed by atoms with E-state index in [0.29, 0.717) is 5.56 Å². The van der Waals surface area contributed by atoms with Gasteiger partial charge in [-0.2, -0.15) is 5.26 Å². The first kappa shape index (κ1) is 15.9. The van der Waals surface area contributed by atoms with E-state index in [1.54, 1.807) is 0 Å². The van der Waals surface area contributed by atoms with Crippen molar-refractivity contribution >= 4 is 11.5 Å². The lowest BCUT2D eigenvalue weighted by molar-refractivity contribution is 0.0403. The van der Waals surface area contributed by atoms with Gasteiger partial charge in [-0.05, 0) is 24.3 Å². The third-order valence-electron chi connectivity index (χ3n) is 4.10. The number of rotatable bonds is 3. The van der Waals surface area contributed by atoms with E-state index < -0.39 is 0 Å². The number of nitriles is 1. The van der Waals surface area contributed by atoms with Crippen LogP contribution in [0.2, 0.25) is 0 Å². The van der Waals surface area contributed by atoms with E-state index in [1.807, 2.05) is 24.3 Å². The van der Waals surface area contributed by atoms with Crippen LogP contribution in [0, 0.1) is 11.3 Å². The maximum Gasteiger partial charge on any atom is 0.119 e. The monoisotopic (exact) mass is 314 g/mol. The molecule has 1 aromatic carbocycles. The SMILES string of the molecule is N#Cc1ccc(N=C(CN2CCOCC2)N2CCOCC2)cc1. The molecule has 6 heteroatoms. The second kappa shape index (κ2) is 8.06. The Morgan fingerprint density at radius 1 is 1.00 bits per heavy atom. The summed E-state index contributed by atoms with van der Waals surface area (Å²) < 4.78 is 10.9. The smallest absolute Gasteiger partial charge is 0.119 e. The van der Waals surface area contributed by atoms with E-state index in [1.165, 1.54) is 0 Å². The molecular weight excluding hydrogens is 292 g/mol. The summed E-state index contributed by atoms with van der Waals surface area (Å²) in [4.78, 5) is 9.53. The van der Waals surface area contributed by atoms with Crippen molar-refractivity contribution in [2.24, 2.45) is 4.99 Å². The van der Waals surface area contributed by atoms with Gasteiger partial charge in [0.05, 0.1) is 50.3 Å². The van der Waals surface area contributed by atoms with Crippen molar-refractivity contribution in [3.8, 4) is 6.07 Å². The van der Waals surface area contributed by atoms with E-state index in [4.69, 9.17) is 19.7 Å². The van der Waals surface area contributed by atoms with Crippen LogP contribution < -0.4 is 0 Å². The average Bonchev–Trinajstić information content (AvgIpc) is 2.63. The molecule has 0 unspecified atom stereocenters. The summed E-state index contributed by atoms with van der Waals surface area (Å²) in [6.07, 6.45) is 0. The molecular formula is C17H22N4O2. The van der Waals surface area contributed by atoms with Gasteiger partial charge in [-0.1, -0.05) is 0 Å². The predicted octanol–water partition coefficient (Wildman–Crippen LogP) is 1.25. The topological polar surface area (TPSA) is 61.1 Å². The molecule has 0 aliphatic carbocycles. The third kappa shape index (κ3) is 4.52. The molecule has 2 saturated heterocycles. The van der Waals surface area contributed by atoms with Gasteiger partial charge in [-0.25, -0.2) is 4.99 Å². The Morgan fingerprint density at radius 3 is 2.22 bits per heavy atom. The molecule has 0 saturated carbocycles. The van der Waals surface area contributed by atoms with Gasteiger partial charge < -0.3 is 14.4 Å². The van der Waals surface area contributed by atoms with E-state index in [9.17, 15) is 0 Å². The zero-order valence-electron chi connectivity index (χ0n) is 13.3. The van der Waals surface area contributed by atoms with Gasteiger partial charge in [0.2, 0.25) is 0 Å². The highest BCUT2D eigenvalue weighted by molar-refractivity contribution is 5.87. The van der Waals surface area contributed by atoms with Gasteiger partial charge in [-0.3, -0.25) is 4.90 Å². The molecule has 0 aromatic heterocycles. The van der Waals surface area contributed by atoms with Gasteiger partial charge in [-0.15, -0.1) is 0 Å². The zero-order valence-corrected chi connectivity index (χ0v) is 13.3. The van der Waals surface area contributed by atoms with E-state index in [0.717, 1.165) is 70.7 Å². The van der Waals surface area contributed by atoms with Crippen LogP contribution in [0.4, 0.5) is 5.69 Å². The molecule has 2 fully saturated rings. The summed E-state index contributed by atoms with van der Waals surface area (Å²) in [5.41, 5.74) is 1.55. The van der Waals surface area contributed by atoms with Crippen molar-refractivity contribution in [2.45, 2.75) is 0 Å². The van der Waals surface area contributed by atoms with Crippen LogP contribution in [0.15, 0.2) is 29.3 Å². The zero-order chi connectivity index (χ0) is 15.9. The number of benzene rings is 1. The standard InChI is InChI=1S/C17H22N4O2/c18-13-15-1-3-16(4-2-15)19-17(21-7-11-23-12-8-21)14-20-5-9-22-10-6-20/h1-4H,5-12,14H2. The minimum atomic E-state index is 0.657. The fourth-order valence-corrected chi connectivity index (χ4v) is 2.75. The first-order valence-electron chi connectivity index (χ1n) is 8.06. The summed E-state index contributed by atoms with van der Waals surface area (Å²) in [7, 11) is 0. The number of nitrogens with zero attached hydrogens (tertiary/aromatic N) is 4. The summed E-state index contributed by atoms with van der Waals surface area (Å²) in [5, 5.41) is 8.90. The predicted molar refractivity (Wildman–Crippen MR) is 87.9 cm³/mol. The summed E-state index contributed by atoms with van der Waals surface area (Å²) in [6.45, 7) is 7.52. The minimum Gasteiger partial charge on any atom is -0.379 e. The van der Waals surface area contributed by atoms with Gasteiger partial charge >= 0.3 is 0 Å². The molecule has 2 aliphatic rings. The quantitative estimate of drug-likeness (QED) is 0.621. The van der Waals surface area contributed by atoms with Crippen LogP contribution in [-0.4, -0.2) is 74.8 Å². The van der Waals surface area contributed by atoms with E-state index in [2.05, 4.69) is 15.9 Å². The number of ether oxygens (including phenoxy) is 2. The molecule has 23 heavy (non-hydrogen) atoms.